The molecular weight excluding hydrogens is 244 g/mol. The molecular formula is C14H20N2O3. The minimum absolute atomic E-state index is 0.0349. The summed E-state index contributed by atoms with van der Waals surface area (Å²) in [6, 6.07) is 8.27. The summed E-state index contributed by atoms with van der Waals surface area (Å²) >= 11 is 0. The van der Waals surface area contributed by atoms with Crippen LogP contribution in [0.2, 0.25) is 0 Å². The fourth-order valence-electron chi connectivity index (χ4n) is 2.45. The maximum atomic E-state index is 10.5. The molecule has 1 aromatic rings. The fourth-order valence-corrected chi connectivity index (χ4v) is 2.45. The zero-order chi connectivity index (χ0) is 13.7. The van der Waals surface area contributed by atoms with E-state index in [0.717, 1.165) is 31.8 Å². The van der Waals surface area contributed by atoms with Crippen LogP contribution in [-0.4, -0.2) is 48.8 Å². The van der Waals surface area contributed by atoms with E-state index in [1.54, 1.807) is 7.11 Å². The largest absolute Gasteiger partial charge is 0.496 e. The predicted octanol–water partition coefficient (Wildman–Crippen LogP) is 0.944. The molecule has 1 saturated heterocycles. The quantitative estimate of drug-likeness (QED) is 0.801. The van der Waals surface area contributed by atoms with Gasteiger partial charge in [-0.25, -0.2) is 0 Å². The SMILES string of the molecule is COc1ccccc1CN1CCC(NCC(=O)O)C1. The molecule has 0 saturated carbocycles. The van der Waals surface area contributed by atoms with Crippen LogP contribution in [-0.2, 0) is 11.3 Å². The van der Waals surface area contributed by atoms with Crippen LogP contribution >= 0.6 is 0 Å². The van der Waals surface area contributed by atoms with E-state index in [9.17, 15) is 4.79 Å². The molecule has 1 fully saturated rings. The Morgan fingerprint density at radius 1 is 1.53 bits per heavy atom. The molecule has 0 radical (unpaired) electrons. The van der Waals surface area contributed by atoms with Crippen molar-refractivity contribution in [1.29, 1.82) is 0 Å². The summed E-state index contributed by atoms with van der Waals surface area (Å²) in [4.78, 5) is 12.8. The lowest BCUT2D eigenvalue weighted by Gasteiger charge is -2.18. The molecule has 1 aliphatic rings. The van der Waals surface area contributed by atoms with Gasteiger partial charge in [-0.2, -0.15) is 0 Å². The second kappa shape index (κ2) is 6.54. The maximum absolute atomic E-state index is 10.5. The van der Waals surface area contributed by atoms with Gasteiger partial charge in [0.2, 0.25) is 0 Å². The van der Waals surface area contributed by atoms with Crippen molar-refractivity contribution in [2.75, 3.05) is 26.7 Å². The average Bonchev–Trinajstić information content (AvgIpc) is 2.85. The summed E-state index contributed by atoms with van der Waals surface area (Å²) in [7, 11) is 1.68. The number of ether oxygens (including phenoxy) is 1. The molecule has 1 unspecified atom stereocenters. The zero-order valence-corrected chi connectivity index (χ0v) is 11.1. The number of nitrogens with zero attached hydrogens (tertiary/aromatic N) is 1. The highest BCUT2D eigenvalue weighted by molar-refractivity contribution is 5.69. The lowest BCUT2D eigenvalue weighted by molar-refractivity contribution is -0.136. The van der Waals surface area contributed by atoms with Crippen LogP contribution in [0.4, 0.5) is 0 Å². The van der Waals surface area contributed by atoms with Gasteiger partial charge in [-0.3, -0.25) is 9.69 Å². The molecule has 5 heteroatoms. The van der Waals surface area contributed by atoms with Crippen molar-refractivity contribution in [1.82, 2.24) is 10.2 Å². The molecule has 1 aliphatic heterocycles. The third-order valence-electron chi connectivity index (χ3n) is 3.40. The second-order valence-corrected chi connectivity index (χ2v) is 4.81. The molecule has 0 amide bonds. The number of likely N-dealkylation sites (tertiary alicyclic amines) is 1. The number of hydrogen-bond donors (Lipinski definition) is 2. The van der Waals surface area contributed by atoms with Gasteiger partial charge < -0.3 is 15.2 Å². The molecule has 1 aromatic carbocycles. The number of hydrogen-bond acceptors (Lipinski definition) is 4. The number of nitrogens with one attached hydrogen (secondary N) is 1. The topological polar surface area (TPSA) is 61.8 Å². The van der Waals surface area contributed by atoms with Gasteiger partial charge in [0.25, 0.3) is 0 Å². The van der Waals surface area contributed by atoms with Crippen LogP contribution in [0.5, 0.6) is 5.75 Å². The summed E-state index contributed by atoms with van der Waals surface area (Å²) in [5.41, 5.74) is 1.17. The first-order valence-corrected chi connectivity index (χ1v) is 6.48. The summed E-state index contributed by atoms with van der Waals surface area (Å²) < 4.78 is 5.34. The molecule has 0 bridgehead atoms. The van der Waals surface area contributed by atoms with Gasteiger partial charge in [-0.1, -0.05) is 18.2 Å². The number of aliphatic carboxylic acids is 1. The Bertz CT molecular complexity index is 436. The van der Waals surface area contributed by atoms with E-state index in [4.69, 9.17) is 9.84 Å². The Kier molecular flexibility index (Phi) is 4.76. The monoisotopic (exact) mass is 264 g/mol. The summed E-state index contributed by atoms with van der Waals surface area (Å²) in [6.45, 7) is 2.74. The molecule has 0 aromatic heterocycles. The third kappa shape index (κ3) is 3.94. The van der Waals surface area contributed by atoms with E-state index in [1.165, 1.54) is 5.56 Å². The van der Waals surface area contributed by atoms with Crippen molar-refractivity contribution in [2.45, 2.75) is 19.0 Å². The Balaban J connectivity index is 1.86. The van der Waals surface area contributed by atoms with Crippen molar-refractivity contribution in [3.05, 3.63) is 29.8 Å². The van der Waals surface area contributed by atoms with Gasteiger partial charge >= 0.3 is 5.97 Å². The van der Waals surface area contributed by atoms with Crippen LogP contribution in [0, 0.1) is 0 Å². The highest BCUT2D eigenvalue weighted by Gasteiger charge is 2.23. The van der Waals surface area contributed by atoms with Crippen LogP contribution in [0.1, 0.15) is 12.0 Å². The van der Waals surface area contributed by atoms with E-state index in [2.05, 4.69) is 16.3 Å². The zero-order valence-electron chi connectivity index (χ0n) is 11.1. The highest BCUT2D eigenvalue weighted by Crippen LogP contribution is 2.21. The standard InChI is InChI=1S/C14H20N2O3/c1-19-13-5-3-2-4-11(13)9-16-7-6-12(10-16)15-8-14(17)18/h2-5,12,15H,6-10H2,1H3,(H,17,18). The number of carbonyl (C=O) groups is 1. The number of benzene rings is 1. The molecule has 104 valence electrons. The number of para-hydroxylation sites is 1. The number of rotatable bonds is 6. The van der Waals surface area contributed by atoms with E-state index >= 15 is 0 Å². The molecule has 0 aliphatic carbocycles. The molecule has 5 nitrogen and oxygen atoms in total. The van der Waals surface area contributed by atoms with Crippen LogP contribution < -0.4 is 10.1 Å². The Labute approximate surface area is 113 Å². The summed E-state index contributed by atoms with van der Waals surface area (Å²) in [5.74, 6) is 0.104. The van der Waals surface area contributed by atoms with Crippen molar-refractivity contribution >= 4 is 5.97 Å². The predicted molar refractivity (Wildman–Crippen MR) is 72.3 cm³/mol. The number of methoxy groups -OCH3 is 1. The Morgan fingerprint density at radius 3 is 3.05 bits per heavy atom. The molecule has 19 heavy (non-hydrogen) atoms. The van der Waals surface area contributed by atoms with Gasteiger partial charge in [0, 0.05) is 31.2 Å². The van der Waals surface area contributed by atoms with Crippen molar-refractivity contribution in [3.8, 4) is 5.75 Å². The van der Waals surface area contributed by atoms with E-state index < -0.39 is 5.97 Å². The lowest BCUT2D eigenvalue weighted by atomic mass is 10.2. The van der Waals surface area contributed by atoms with Crippen molar-refractivity contribution in [2.24, 2.45) is 0 Å². The number of carboxylic acid groups (broad SMARTS) is 1. The van der Waals surface area contributed by atoms with Gasteiger partial charge in [-0.15, -0.1) is 0 Å². The smallest absolute Gasteiger partial charge is 0.317 e. The lowest BCUT2D eigenvalue weighted by Crippen LogP contribution is -2.35. The minimum atomic E-state index is -0.803. The van der Waals surface area contributed by atoms with E-state index in [1.807, 2.05) is 18.2 Å². The summed E-state index contributed by atoms with van der Waals surface area (Å²) in [6.07, 6.45) is 0.989. The van der Waals surface area contributed by atoms with Crippen LogP contribution in [0.25, 0.3) is 0 Å². The van der Waals surface area contributed by atoms with E-state index in [-0.39, 0.29) is 12.6 Å². The molecule has 1 atom stereocenters. The Hall–Kier alpha value is -1.59. The first-order valence-electron chi connectivity index (χ1n) is 6.48. The molecule has 0 spiro atoms. The first kappa shape index (κ1) is 13.8. The first-order chi connectivity index (χ1) is 9.19. The van der Waals surface area contributed by atoms with Crippen LogP contribution in [0.15, 0.2) is 24.3 Å². The van der Waals surface area contributed by atoms with Gasteiger partial charge in [0.1, 0.15) is 5.75 Å². The molecule has 2 rings (SSSR count). The fraction of sp³-hybridized carbons (Fsp3) is 0.500. The third-order valence-corrected chi connectivity index (χ3v) is 3.40. The second-order valence-electron chi connectivity index (χ2n) is 4.81. The maximum Gasteiger partial charge on any atom is 0.317 e. The normalized spacial score (nSPS) is 19.5. The van der Waals surface area contributed by atoms with E-state index in [0.29, 0.717) is 0 Å². The van der Waals surface area contributed by atoms with Crippen molar-refractivity contribution < 1.29 is 14.6 Å². The van der Waals surface area contributed by atoms with Gasteiger partial charge in [-0.05, 0) is 12.5 Å². The van der Waals surface area contributed by atoms with Crippen molar-refractivity contribution in [3.63, 3.8) is 0 Å². The highest BCUT2D eigenvalue weighted by atomic mass is 16.5. The van der Waals surface area contributed by atoms with Gasteiger partial charge in [0.05, 0.1) is 13.7 Å². The molecule has 1 heterocycles. The molecule has 2 N–H and O–H groups in total. The number of carboxylic acids is 1. The minimum Gasteiger partial charge on any atom is -0.496 e. The Morgan fingerprint density at radius 2 is 2.32 bits per heavy atom. The van der Waals surface area contributed by atoms with Crippen LogP contribution in [0.3, 0.4) is 0 Å². The summed E-state index contributed by atoms with van der Waals surface area (Å²) in [5, 5.41) is 11.7. The van der Waals surface area contributed by atoms with Gasteiger partial charge in [0.15, 0.2) is 0 Å². The average molecular weight is 264 g/mol.